The standard InChI is InChI=1S/C31H29ClN4O5S/c1-21-13-15-29(16-14-21)42(39,40)36(27-11-6-12-28(19-27)41-3)20-30(37)35-34-22(2)23-7-5-10-26(18-23)33-31(38)24-8-4-9-25(32)17-24/h4-19H,20H2,1-3H3,(H,33,38)(H,35,37)/b34-22-. The molecule has 0 heterocycles. The molecule has 0 atom stereocenters. The van der Waals surface area contributed by atoms with Gasteiger partial charge in [0.1, 0.15) is 12.3 Å². The fraction of sp³-hybridized carbons (Fsp3) is 0.129. The van der Waals surface area contributed by atoms with Gasteiger partial charge in [-0.1, -0.05) is 53.6 Å². The zero-order valence-electron chi connectivity index (χ0n) is 23.2. The maximum absolute atomic E-state index is 13.6. The van der Waals surface area contributed by atoms with Crippen LogP contribution in [0, 0.1) is 6.92 Å². The lowest BCUT2D eigenvalue weighted by Gasteiger charge is -2.24. The van der Waals surface area contributed by atoms with Crippen LogP contribution in [0.2, 0.25) is 5.02 Å². The molecule has 0 unspecified atom stereocenters. The number of anilines is 2. The first-order chi connectivity index (χ1) is 20.1. The second kappa shape index (κ2) is 13.3. The van der Waals surface area contributed by atoms with Gasteiger partial charge in [0.2, 0.25) is 0 Å². The van der Waals surface area contributed by atoms with Crippen molar-refractivity contribution in [1.29, 1.82) is 0 Å². The first-order valence-electron chi connectivity index (χ1n) is 12.8. The largest absolute Gasteiger partial charge is 0.497 e. The number of aryl methyl sites for hydroxylation is 1. The van der Waals surface area contributed by atoms with Crippen molar-refractivity contribution in [1.82, 2.24) is 5.43 Å². The Morgan fingerprint density at radius 2 is 1.60 bits per heavy atom. The van der Waals surface area contributed by atoms with Gasteiger partial charge in [0, 0.05) is 22.3 Å². The van der Waals surface area contributed by atoms with Gasteiger partial charge in [0.15, 0.2) is 0 Å². The van der Waals surface area contributed by atoms with Gasteiger partial charge in [-0.3, -0.25) is 13.9 Å². The van der Waals surface area contributed by atoms with Crippen molar-refractivity contribution in [2.75, 3.05) is 23.3 Å². The molecule has 0 fully saturated rings. The summed E-state index contributed by atoms with van der Waals surface area (Å²) in [6, 6.07) is 26.3. The van der Waals surface area contributed by atoms with Gasteiger partial charge in [0.05, 0.1) is 23.4 Å². The zero-order chi connectivity index (χ0) is 30.3. The monoisotopic (exact) mass is 604 g/mol. The second-order valence-corrected chi connectivity index (χ2v) is 11.6. The number of sulfonamides is 1. The van der Waals surface area contributed by atoms with E-state index in [1.807, 2.05) is 6.92 Å². The van der Waals surface area contributed by atoms with Crippen LogP contribution in [-0.4, -0.2) is 39.6 Å². The second-order valence-electron chi connectivity index (χ2n) is 9.30. The number of rotatable bonds is 10. The lowest BCUT2D eigenvalue weighted by Crippen LogP contribution is -2.39. The molecule has 0 saturated heterocycles. The molecule has 0 saturated carbocycles. The Kier molecular flexibility index (Phi) is 9.61. The molecule has 0 bridgehead atoms. The fourth-order valence-electron chi connectivity index (χ4n) is 3.95. The minimum Gasteiger partial charge on any atom is -0.497 e. The lowest BCUT2D eigenvalue weighted by molar-refractivity contribution is -0.119. The summed E-state index contributed by atoms with van der Waals surface area (Å²) in [7, 11) is -2.63. The van der Waals surface area contributed by atoms with Crippen molar-refractivity contribution in [3.63, 3.8) is 0 Å². The van der Waals surface area contributed by atoms with Crippen LogP contribution in [0.3, 0.4) is 0 Å². The highest BCUT2D eigenvalue weighted by Gasteiger charge is 2.27. The van der Waals surface area contributed by atoms with E-state index in [0.717, 1.165) is 9.87 Å². The minimum absolute atomic E-state index is 0.0417. The van der Waals surface area contributed by atoms with Gasteiger partial charge in [-0.2, -0.15) is 5.10 Å². The van der Waals surface area contributed by atoms with E-state index in [1.165, 1.54) is 25.3 Å². The van der Waals surface area contributed by atoms with E-state index in [1.54, 1.807) is 85.8 Å². The fourth-order valence-corrected chi connectivity index (χ4v) is 5.55. The van der Waals surface area contributed by atoms with E-state index in [4.69, 9.17) is 16.3 Å². The number of benzene rings is 4. The third kappa shape index (κ3) is 7.54. The Morgan fingerprint density at radius 1 is 0.905 bits per heavy atom. The molecular formula is C31H29ClN4O5S. The third-order valence-corrected chi connectivity index (χ3v) is 8.23. The van der Waals surface area contributed by atoms with Crippen molar-refractivity contribution in [3.05, 3.63) is 119 Å². The lowest BCUT2D eigenvalue weighted by atomic mass is 10.1. The number of methoxy groups -OCH3 is 1. The third-order valence-electron chi connectivity index (χ3n) is 6.21. The highest BCUT2D eigenvalue weighted by molar-refractivity contribution is 7.92. The molecule has 2 N–H and O–H groups in total. The van der Waals surface area contributed by atoms with Crippen LogP contribution in [0.1, 0.15) is 28.4 Å². The van der Waals surface area contributed by atoms with E-state index >= 15 is 0 Å². The number of hydrazone groups is 1. The quantitative estimate of drug-likeness (QED) is 0.179. The molecule has 0 radical (unpaired) electrons. The Bertz CT molecular complexity index is 1740. The number of halogens is 1. The van der Waals surface area contributed by atoms with Crippen molar-refractivity contribution < 1.29 is 22.7 Å². The molecule has 0 aliphatic rings. The molecular weight excluding hydrogens is 576 g/mol. The maximum atomic E-state index is 13.6. The summed E-state index contributed by atoms with van der Waals surface area (Å²) >= 11 is 5.99. The van der Waals surface area contributed by atoms with Crippen LogP contribution in [0.15, 0.2) is 107 Å². The number of nitrogens with one attached hydrogen (secondary N) is 2. The summed E-state index contributed by atoms with van der Waals surface area (Å²) < 4.78 is 33.5. The Hall–Kier alpha value is -4.67. The van der Waals surface area contributed by atoms with E-state index in [0.29, 0.717) is 33.3 Å². The summed E-state index contributed by atoms with van der Waals surface area (Å²) in [6.07, 6.45) is 0. The number of nitrogens with zero attached hydrogens (tertiary/aromatic N) is 2. The number of hydrogen-bond donors (Lipinski definition) is 2. The summed E-state index contributed by atoms with van der Waals surface area (Å²) in [5, 5.41) is 7.43. The average Bonchev–Trinajstić information content (AvgIpc) is 2.99. The predicted molar refractivity (Wildman–Crippen MR) is 165 cm³/mol. The van der Waals surface area contributed by atoms with Gasteiger partial charge in [-0.15, -0.1) is 0 Å². The van der Waals surface area contributed by atoms with Crippen molar-refractivity contribution in [3.8, 4) is 5.75 Å². The predicted octanol–water partition coefficient (Wildman–Crippen LogP) is 5.65. The first-order valence-corrected chi connectivity index (χ1v) is 14.6. The Balaban J connectivity index is 1.52. The van der Waals surface area contributed by atoms with E-state index in [-0.39, 0.29) is 16.5 Å². The summed E-state index contributed by atoms with van der Waals surface area (Å²) in [5.74, 6) is -0.545. The molecule has 9 nitrogen and oxygen atoms in total. The van der Waals surface area contributed by atoms with Crippen LogP contribution in [0.4, 0.5) is 11.4 Å². The van der Waals surface area contributed by atoms with Crippen molar-refractivity contribution in [2.45, 2.75) is 18.7 Å². The number of hydrogen-bond acceptors (Lipinski definition) is 6. The Labute approximate surface area is 249 Å². The summed E-state index contributed by atoms with van der Waals surface area (Å²) in [5.41, 5.74) is 5.61. The van der Waals surface area contributed by atoms with Crippen LogP contribution in [0.5, 0.6) is 5.75 Å². The van der Waals surface area contributed by atoms with Gasteiger partial charge in [-0.25, -0.2) is 13.8 Å². The molecule has 216 valence electrons. The SMILES string of the molecule is COc1cccc(N(CC(=O)N/N=C(/C)c2cccc(NC(=O)c3cccc(Cl)c3)c2)S(=O)(=O)c2ccc(C)cc2)c1. The van der Waals surface area contributed by atoms with Gasteiger partial charge in [0.25, 0.3) is 21.8 Å². The molecule has 42 heavy (non-hydrogen) atoms. The smallest absolute Gasteiger partial charge is 0.264 e. The average molecular weight is 605 g/mol. The van der Waals surface area contributed by atoms with Crippen LogP contribution in [-0.2, 0) is 14.8 Å². The molecule has 0 aromatic heterocycles. The van der Waals surface area contributed by atoms with Gasteiger partial charge >= 0.3 is 0 Å². The van der Waals surface area contributed by atoms with Crippen LogP contribution >= 0.6 is 11.6 Å². The molecule has 0 aliphatic heterocycles. The molecule has 4 aromatic carbocycles. The number of ether oxygens (including phenoxy) is 1. The van der Waals surface area contributed by atoms with E-state index < -0.39 is 22.5 Å². The molecule has 11 heteroatoms. The van der Waals surface area contributed by atoms with E-state index in [2.05, 4.69) is 15.8 Å². The van der Waals surface area contributed by atoms with Crippen LogP contribution in [0.25, 0.3) is 0 Å². The highest BCUT2D eigenvalue weighted by atomic mass is 35.5. The van der Waals surface area contributed by atoms with E-state index in [9.17, 15) is 18.0 Å². The zero-order valence-corrected chi connectivity index (χ0v) is 24.7. The molecule has 0 spiro atoms. The van der Waals surface area contributed by atoms with Gasteiger partial charge < -0.3 is 10.1 Å². The van der Waals surface area contributed by atoms with Crippen LogP contribution < -0.4 is 19.8 Å². The summed E-state index contributed by atoms with van der Waals surface area (Å²) in [6.45, 7) is 3.00. The molecule has 2 amide bonds. The normalized spacial score (nSPS) is 11.5. The highest BCUT2D eigenvalue weighted by Crippen LogP contribution is 2.27. The number of carbonyl (C=O) groups is 2. The molecule has 4 rings (SSSR count). The molecule has 4 aromatic rings. The number of carbonyl (C=O) groups excluding carboxylic acids is 2. The number of amides is 2. The van der Waals surface area contributed by atoms with Crippen molar-refractivity contribution >= 4 is 50.5 Å². The van der Waals surface area contributed by atoms with Crippen molar-refractivity contribution in [2.24, 2.45) is 5.10 Å². The maximum Gasteiger partial charge on any atom is 0.264 e. The topological polar surface area (TPSA) is 117 Å². The molecule has 0 aliphatic carbocycles. The van der Waals surface area contributed by atoms with Gasteiger partial charge in [-0.05, 0) is 74.0 Å². The summed E-state index contributed by atoms with van der Waals surface area (Å²) in [4.78, 5) is 25.7. The Morgan fingerprint density at radius 3 is 2.31 bits per heavy atom. The first kappa shape index (κ1) is 30.3. The minimum atomic E-state index is -4.10.